The molecule has 1 heterocycles. The fourth-order valence-corrected chi connectivity index (χ4v) is 2.48. The van der Waals surface area contributed by atoms with Crippen LogP contribution in [0.3, 0.4) is 0 Å². The topological polar surface area (TPSA) is 74.4 Å². The number of amides is 1. The molecule has 6 heteroatoms. The van der Waals surface area contributed by atoms with Crippen LogP contribution >= 0.6 is 11.3 Å². The van der Waals surface area contributed by atoms with Crippen molar-refractivity contribution in [1.29, 1.82) is 0 Å². The van der Waals surface area contributed by atoms with E-state index < -0.39 is 5.91 Å². The predicted octanol–water partition coefficient (Wildman–Crippen LogP) is 1.86. The summed E-state index contributed by atoms with van der Waals surface area (Å²) in [5.41, 5.74) is 6.73. The first-order valence-corrected chi connectivity index (χ1v) is 6.47. The van der Waals surface area contributed by atoms with Crippen molar-refractivity contribution < 1.29 is 14.3 Å². The molecule has 19 heavy (non-hydrogen) atoms. The summed E-state index contributed by atoms with van der Waals surface area (Å²) in [6.45, 7) is 0. The van der Waals surface area contributed by atoms with E-state index in [4.69, 9.17) is 15.2 Å². The zero-order valence-electron chi connectivity index (χ0n) is 10.7. The maximum Gasteiger partial charge on any atom is 0.224 e. The Labute approximate surface area is 115 Å². The van der Waals surface area contributed by atoms with Gasteiger partial charge in [0.15, 0.2) is 0 Å². The number of rotatable bonds is 5. The van der Waals surface area contributed by atoms with Crippen LogP contribution in [-0.2, 0) is 11.2 Å². The van der Waals surface area contributed by atoms with Crippen molar-refractivity contribution in [3.8, 4) is 22.8 Å². The number of methoxy groups -OCH3 is 2. The van der Waals surface area contributed by atoms with Crippen LogP contribution < -0.4 is 15.2 Å². The van der Waals surface area contributed by atoms with Crippen molar-refractivity contribution in [1.82, 2.24) is 4.98 Å². The van der Waals surface area contributed by atoms with Crippen molar-refractivity contribution >= 4 is 17.2 Å². The lowest BCUT2D eigenvalue weighted by molar-refractivity contribution is -0.117. The van der Waals surface area contributed by atoms with Crippen LogP contribution in [0.4, 0.5) is 0 Å². The van der Waals surface area contributed by atoms with Crippen LogP contribution in [0.5, 0.6) is 11.5 Å². The third-order valence-corrected chi connectivity index (χ3v) is 3.41. The van der Waals surface area contributed by atoms with Gasteiger partial charge in [-0.1, -0.05) is 0 Å². The van der Waals surface area contributed by atoms with Crippen molar-refractivity contribution in [3.05, 3.63) is 28.6 Å². The molecule has 0 bridgehead atoms. The van der Waals surface area contributed by atoms with Gasteiger partial charge in [0.25, 0.3) is 0 Å². The molecular weight excluding hydrogens is 264 g/mol. The molecule has 0 saturated carbocycles. The van der Waals surface area contributed by atoms with E-state index in [1.165, 1.54) is 11.3 Å². The number of thiazole rings is 1. The van der Waals surface area contributed by atoms with Gasteiger partial charge in [-0.15, -0.1) is 11.3 Å². The summed E-state index contributed by atoms with van der Waals surface area (Å²) in [5.74, 6) is 1.04. The monoisotopic (exact) mass is 278 g/mol. The number of hydrogen-bond donors (Lipinski definition) is 1. The molecule has 0 saturated heterocycles. The average molecular weight is 278 g/mol. The van der Waals surface area contributed by atoms with Gasteiger partial charge in [0.05, 0.1) is 26.3 Å². The highest BCUT2D eigenvalue weighted by atomic mass is 32.1. The SMILES string of the molecule is COc1ccc(OC)c(-c2csc(CC(N)=O)n2)c1. The Kier molecular flexibility index (Phi) is 4.01. The number of nitrogens with zero attached hydrogens (tertiary/aromatic N) is 1. The molecular formula is C13H14N2O3S. The summed E-state index contributed by atoms with van der Waals surface area (Å²) in [6, 6.07) is 5.49. The minimum atomic E-state index is -0.390. The standard InChI is InChI=1S/C13H14N2O3S/c1-17-8-3-4-11(18-2)9(5-8)10-7-19-13(15-10)6-12(14)16/h3-5,7H,6H2,1-2H3,(H2,14,16). The molecule has 0 fully saturated rings. The van der Waals surface area contributed by atoms with E-state index in [0.29, 0.717) is 10.8 Å². The van der Waals surface area contributed by atoms with Gasteiger partial charge in [0, 0.05) is 10.9 Å². The molecule has 0 aliphatic carbocycles. The summed E-state index contributed by atoms with van der Waals surface area (Å²) in [5, 5.41) is 2.56. The van der Waals surface area contributed by atoms with Gasteiger partial charge in [-0.2, -0.15) is 0 Å². The summed E-state index contributed by atoms with van der Waals surface area (Å²) < 4.78 is 10.5. The van der Waals surface area contributed by atoms with E-state index in [2.05, 4.69) is 4.98 Å². The van der Waals surface area contributed by atoms with Gasteiger partial charge < -0.3 is 15.2 Å². The molecule has 0 unspecified atom stereocenters. The Morgan fingerprint density at radius 2 is 2.16 bits per heavy atom. The number of benzene rings is 1. The number of aromatic nitrogens is 1. The predicted molar refractivity (Wildman–Crippen MR) is 73.6 cm³/mol. The van der Waals surface area contributed by atoms with Gasteiger partial charge >= 0.3 is 0 Å². The molecule has 1 aromatic heterocycles. The normalized spacial score (nSPS) is 10.2. The quantitative estimate of drug-likeness (QED) is 0.905. The van der Waals surface area contributed by atoms with E-state index in [0.717, 1.165) is 17.0 Å². The fourth-order valence-electron chi connectivity index (χ4n) is 1.68. The lowest BCUT2D eigenvalue weighted by Crippen LogP contribution is -2.13. The van der Waals surface area contributed by atoms with E-state index >= 15 is 0 Å². The molecule has 2 rings (SSSR count). The lowest BCUT2D eigenvalue weighted by atomic mass is 10.1. The smallest absolute Gasteiger partial charge is 0.224 e. The molecule has 2 N–H and O–H groups in total. The lowest BCUT2D eigenvalue weighted by Gasteiger charge is -2.08. The zero-order chi connectivity index (χ0) is 13.8. The van der Waals surface area contributed by atoms with Crippen molar-refractivity contribution in [2.45, 2.75) is 6.42 Å². The Hall–Kier alpha value is -2.08. The number of hydrogen-bond acceptors (Lipinski definition) is 5. The molecule has 0 radical (unpaired) electrons. The van der Waals surface area contributed by atoms with Crippen molar-refractivity contribution in [2.24, 2.45) is 5.73 Å². The van der Waals surface area contributed by atoms with Crippen LogP contribution in [0.2, 0.25) is 0 Å². The van der Waals surface area contributed by atoms with Crippen molar-refractivity contribution in [3.63, 3.8) is 0 Å². The molecule has 5 nitrogen and oxygen atoms in total. The third-order valence-electron chi connectivity index (χ3n) is 2.56. The average Bonchev–Trinajstić information content (AvgIpc) is 2.85. The largest absolute Gasteiger partial charge is 0.497 e. The van der Waals surface area contributed by atoms with Gasteiger partial charge in [-0.05, 0) is 18.2 Å². The number of carbonyl (C=O) groups excluding carboxylic acids is 1. The summed E-state index contributed by atoms with van der Waals surface area (Å²) in [6.07, 6.45) is 0.150. The Morgan fingerprint density at radius 1 is 1.37 bits per heavy atom. The van der Waals surface area contributed by atoms with Crippen LogP contribution in [0.15, 0.2) is 23.6 Å². The zero-order valence-corrected chi connectivity index (χ0v) is 11.5. The van der Waals surface area contributed by atoms with E-state index in [1.807, 2.05) is 23.6 Å². The maximum absolute atomic E-state index is 10.9. The van der Waals surface area contributed by atoms with Crippen molar-refractivity contribution in [2.75, 3.05) is 14.2 Å². The fraction of sp³-hybridized carbons (Fsp3) is 0.231. The van der Waals surface area contributed by atoms with E-state index in [1.54, 1.807) is 14.2 Å². The van der Waals surface area contributed by atoms with Gasteiger partial charge in [0.1, 0.15) is 16.5 Å². The van der Waals surface area contributed by atoms with Gasteiger partial charge in [0.2, 0.25) is 5.91 Å². The molecule has 1 aromatic carbocycles. The summed E-state index contributed by atoms with van der Waals surface area (Å²) >= 11 is 1.40. The summed E-state index contributed by atoms with van der Waals surface area (Å²) in [7, 11) is 3.20. The highest BCUT2D eigenvalue weighted by molar-refractivity contribution is 7.10. The first-order chi connectivity index (χ1) is 9.13. The van der Waals surface area contributed by atoms with Crippen LogP contribution in [0, 0.1) is 0 Å². The highest BCUT2D eigenvalue weighted by Crippen LogP contribution is 2.33. The molecule has 0 atom stereocenters. The summed E-state index contributed by atoms with van der Waals surface area (Å²) in [4.78, 5) is 15.3. The van der Waals surface area contributed by atoms with Crippen LogP contribution in [0.1, 0.15) is 5.01 Å². The van der Waals surface area contributed by atoms with Crippen LogP contribution in [0.25, 0.3) is 11.3 Å². The van der Waals surface area contributed by atoms with Gasteiger partial charge in [-0.25, -0.2) is 4.98 Å². The number of nitrogens with two attached hydrogens (primary N) is 1. The molecule has 1 amide bonds. The Bertz CT molecular complexity index is 595. The minimum absolute atomic E-state index is 0.150. The Morgan fingerprint density at radius 3 is 2.79 bits per heavy atom. The molecule has 0 aliphatic heterocycles. The molecule has 2 aromatic rings. The highest BCUT2D eigenvalue weighted by Gasteiger charge is 2.12. The number of ether oxygens (including phenoxy) is 2. The minimum Gasteiger partial charge on any atom is -0.497 e. The van der Waals surface area contributed by atoms with Gasteiger partial charge in [-0.3, -0.25) is 4.79 Å². The molecule has 0 spiro atoms. The number of primary amides is 1. The second-order valence-electron chi connectivity index (χ2n) is 3.84. The van der Waals surface area contributed by atoms with Crippen LogP contribution in [-0.4, -0.2) is 25.1 Å². The Balaban J connectivity index is 2.39. The van der Waals surface area contributed by atoms with E-state index in [9.17, 15) is 4.79 Å². The first kappa shape index (κ1) is 13.4. The molecule has 0 aliphatic rings. The van der Waals surface area contributed by atoms with E-state index in [-0.39, 0.29) is 6.42 Å². The maximum atomic E-state index is 10.9. The molecule has 100 valence electrons. The third kappa shape index (κ3) is 3.03. The number of carbonyl (C=O) groups is 1. The second-order valence-corrected chi connectivity index (χ2v) is 4.78. The second kappa shape index (κ2) is 5.71. The first-order valence-electron chi connectivity index (χ1n) is 5.59.